The van der Waals surface area contributed by atoms with Crippen LogP contribution in [-0.2, 0) is 6.42 Å². The third kappa shape index (κ3) is 5.42. The van der Waals surface area contributed by atoms with E-state index >= 15 is 0 Å². The Morgan fingerprint density at radius 3 is 2.48 bits per heavy atom. The molecular weight excluding hydrogens is 431 g/mol. The van der Waals surface area contributed by atoms with Crippen LogP contribution in [0.1, 0.15) is 73.6 Å². The van der Waals surface area contributed by atoms with Gasteiger partial charge in [0.15, 0.2) is 5.82 Å². The van der Waals surface area contributed by atoms with E-state index in [0.29, 0.717) is 29.3 Å². The molecule has 1 unspecified atom stereocenters. The molecule has 0 N–H and O–H groups in total. The highest BCUT2D eigenvalue weighted by Crippen LogP contribution is 2.36. The van der Waals surface area contributed by atoms with Crippen LogP contribution >= 0.6 is 11.6 Å². The van der Waals surface area contributed by atoms with Crippen LogP contribution in [0.5, 0.6) is 0 Å². The molecule has 1 aliphatic carbocycles. The summed E-state index contributed by atoms with van der Waals surface area (Å²) < 4.78 is 14.8. The van der Waals surface area contributed by atoms with Gasteiger partial charge in [0.1, 0.15) is 5.82 Å². The average molecular weight is 461 g/mol. The molecule has 2 nitrogen and oxygen atoms in total. The Morgan fingerprint density at radius 2 is 1.85 bits per heavy atom. The molecule has 0 amide bonds. The first-order valence-electron chi connectivity index (χ1n) is 11.8. The monoisotopic (exact) mass is 460 g/mol. The number of unbranched alkanes of at least 4 members (excludes halogenated alkanes) is 2. The van der Waals surface area contributed by atoms with E-state index in [9.17, 15) is 4.39 Å². The summed E-state index contributed by atoms with van der Waals surface area (Å²) in [5.74, 6) is 0.643. The molecule has 33 heavy (non-hydrogen) atoms. The van der Waals surface area contributed by atoms with Gasteiger partial charge in [-0.05, 0) is 66.4 Å². The fraction of sp³-hybridized carbons (Fsp3) is 0.310. The minimum absolute atomic E-state index is 0.110. The molecule has 1 aromatic heterocycles. The van der Waals surface area contributed by atoms with Gasteiger partial charge in [0.05, 0.1) is 5.02 Å². The molecule has 1 aliphatic rings. The third-order valence-corrected chi connectivity index (χ3v) is 6.90. The lowest BCUT2D eigenvalue weighted by atomic mass is 9.83. The number of benzene rings is 2. The summed E-state index contributed by atoms with van der Waals surface area (Å²) in [5.41, 5.74) is 6.01. The Bertz CT molecular complexity index is 1130. The lowest BCUT2D eigenvalue weighted by Gasteiger charge is -2.22. The molecule has 3 aromatic rings. The van der Waals surface area contributed by atoms with Crippen molar-refractivity contribution in [1.82, 2.24) is 9.97 Å². The Labute approximate surface area is 201 Å². The molecule has 0 bridgehead atoms. The number of halogens is 2. The number of rotatable bonds is 8. The van der Waals surface area contributed by atoms with Crippen LogP contribution in [0.3, 0.4) is 0 Å². The second-order valence-corrected chi connectivity index (χ2v) is 9.10. The quantitative estimate of drug-likeness (QED) is 0.314. The molecule has 4 rings (SSSR count). The maximum Gasteiger partial charge on any atom is 0.160 e. The van der Waals surface area contributed by atoms with Crippen molar-refractivity contribution in [2.75, 3.05) is 0 Å². The van der Waals surface area contributed by atoms with Gasteiger partial charge in [0.2, 0.25) is 0 Å². The van der Waals surface area contributed by atoms with Crippen molar-refractivity contribution >= 4 is 23.3 Å². The number of aromatic nitrogens is 2. The predicted octanol–water partition coefficient (Wildman–Crippen LogP) is 8.66. The van der Waals surface area contributed by atoms with Gasteiger partial charge in [-0.15, -0.1) is 0 Å². The Kier molecular flexibility index (Phi) is 7.72. The minimum atomic E-state index is -0.347. The molecule has 4 heteroatoms. The SMILES string of the molecule is C=Cc1ccc(C2CC=C(c3cnc(-c4ccc(CCCCC)c(F)c4Cl)nc3)CC2)cc1. The van der Waals surface area contributed by atoms with Crippen LogP contribution in [0.25, 0.3) is 23.0 Å². The maximum absolute atomic E-state index is 14.8. The van der Waals surface area contributed by atoms with Gasteiger partial charge in [-0.2, -0.15) is 0 Å². The third-order valence-electron chi connectivity index (χ3n) is 6.53. The molecule has 0 fully saturated rings. The average Bonchev–Trinajstić information content (AvgIpc) is 2.87. The summed E-state index contributed by atoms with van der Waals surface area (Å²) in [5, 5.41) is 0.110. The van der Waals surface area contributed by atoms with Crippen molar-refractivity contribution in [3.8, 4) is 11.4 Å². The van der Waals surface area contributed by atoms with Gasteiger partial charge >= 0.3 is 0 Å². The Hall–Kier alpha value is -2.78. The summed E-state index contributed by atoms with van der Waals surface area (Å²) >= 11 is 6.36. The van der Waals surface area contributed by atoms with Crippen molar-refractivity contribution in [1.29, 1.82) is 0 Å². The van der Waals surface area contributed by atoms with Gasteiger partial charge in [0.25, 0.3) is 0 Å². The Morgan fingerprint density at radius 1 is 1.09 bits per heavy atom. The standard InChI is InChI=1S/C29H30ClFN2/c1-3-5-6-7-24-16-17-26(27(30)28(24)31)29-32-18-25(19-33-29)23-14-12-22(13-15-23)21-10-8-20(4-2)9-11-21/h4,8-11,14,16-19,22H,2-3,5-7,12-13,15H2,1H3. The fourth-order valence-electron chi connectivity index (χ4n) is 4.46. The lowest BCUT2D eigenvalue weighted by molar-refractivity contribution is 0.599. The number of aryl methyl sites for hydroxylation is 1. The zero-order valence-corrected chi connectivity index (χ0v) is 19.9. The van der Waals surface area contributed by atoms with E-state index in [0.717, 1.165) is 49.7 Å². The van der Waals surface area contributed by atoms with Crippen LogP contribution in [0, 0.1) is 5.82 Å². The first-order valence-corrected chi connectivity index (χ1v) is 12.2. The van der Waals surface area contributed by atoms with Crippen LogP contribution in [0.2, 0.25) is 5.02 Å². The van der Waals surface area contributed by atoms with E-state index in [4.69, 9.17) is 11.6 Å². The first kappa shape index (κ1) is 23.4. The second kappa shape index (κ2) is 10.9. The van der Waals surface area contributed by atoms with E-state index in [1.54, 1.807) is 0 Å². The largest absolute Gasteiger partial charge is 0.236 e. The van der Waals surface area contributed by atoms with Crippen LogP contribution < -0.4 is 0 Å². The van der Waals surface area contributed by atoms with Crippen molar-refractivity contribution in [2.45, 2.75) is 57.8 Å². The van der Waals surface area contributed by atoms with Gasteiger partial charge in [-0.1, -0.05) is 80.4 Å². The molecule has 2 aromatic carbocycles. The van der Waals surface area contributed by atoms with Crippen molar-refractivity contribution in [3.05, 3.63) is 94.5 Å². The molecule has 1 atom stereocenters. The van der Waals surface area contributed by atoms with Gasteiger partial charge < -0.3 is 0 Å². The molecule has 0 saturated carbocycles. The van der Waals surface area contributed by atoms with Crippen LogP contribution in [0.15, 0.2) is 61.4 Å². The highest BCUT2D eigenvalue weighted by Gasteiger charge is 2.19. The highest BCUT2D eigenvalue weighted by atomic mass is 35.5. The molecule has 0 saturated heterocycles. The topological polar surface area (TPSA) is 25.8 Å². The molecule has 1 heterocycles. The first-order chi connectivity index (χ1) is 16.1. The van der Waals surface area contributed by atoms with E-state index in [1.165, 1.54) is 11.1 Å². The summed E-state index contributed by atoms with van der Waals surface area (Å²) in [6.45, 7) is 5.96. The molecular formula is C29H30ClFN2. The van der Waals surface area contributed by atoms with E-state index in [-0.39, 0.29) is 10.8 Å². The summed E-state index contributed by atoms with van der Waals surface area (Å²) in [4.78, 5) is 9.03. The Balaban J connectivity index is 1.46. The molecule has 0 spiro atoms. The minimum Gasteiger partial charge on any atom is -0.236 e. The van der Waals surface area contributed by atoms with Crippen molar-refractivity contribution < 1.29 is 4.39 Å². The van der Waals surface area contributed by atoms with Crippen molar-refractivity contribution in [2.24, 2.45) is 0 Å². The normalized spacial score (nSPS) is 15.8. The summed E-state index contributed by atoms with van der Waals surface area (Å²) in [7, 11) is 0. The van der Waals surface area contributed by atoms with Gasteiger partial charge in [-0.25, -0.2) is 14.4 Å². The van der Waals surface area contributed by atoms with E-state index in [1.807, 2.05) is 30.6 Å². The van der Waals surface area contributed by atoms with E-state index in [2.05, 4.69) is 53.8 Å². The highest BCUT2D eigenvalue weighted by molar-refractivity contribution is 6.33. The summed E-state index contributed by atoms with van der Waals surface area (Å²) in [6.07, 6.45) is 14.8. The number of hydrogen-bond donors (Lipinski definition) is 0. The smallest absolute Gasteiger partial charge is 0.160 e. The summed E-state index contributed by atoms with van der Waals surface area (Å²) in [6, 6.07) is 12.3. The van der Waals surface area contributed by atoms with Gasteiger partial charge in [-0.3, -0.25) is 0 Å². The lowest BCUT2D eigenvalue weighted by Crippen LogP contribution is -2.05. The molecule has 0 aliphatic heterocycles. The fourth-order valence-corrected chi connectivity index (χ4v) is 4.73. The number of allylic oxidation sites excluding steroid dienone is 2. The van der Waals surface area contributed by atoms with Gasteiger partial charge in [0, 0.05) is 23.5 Å². The van der Waals surface area contributed by atoms with Crippen LogP contribution in [0.4, 0.5) is 4.39 Å². The number of hydrogen-bond acceptors (Lipinski definition) is 2. The zero-order valence-electron chi connectivity index (χ0n) is 19.2. The van der Waals surface area contributed by atoms with E-state index < -0.39 is 0 Å². The zero-order chi connectivity index (χ0) is 23.2. The molecule has 170 valence electrons. The predicted molar refractivity (Wildman–Crippen MR) is 137 cm³/mol. The molecule has 0 radical (unpaired) electrons. The number of nitrogens with zero attached hydrogens (tertiary/aromatic N) is 2. The second-order valence-electron chi connectivity index (χ2n) is 8.72. The maximum atomic E-state index is 14.8. The van der Waals surface area contributed by atoms with Crippen LogP contribution in [-0.4, -0.2) is 9.97 Å². The van der Waals surface area contributed by atoms with Crippen molar-refractivity contribution in [3.63, 3.8) is 0 Å².